The normalized spacial score (nSPS) is 19.6. The number of hydrogen-bond donors (Lipinski definition) is 3. The monoisotopic (exact) mass is 323 g/mol. The number of ether oxygens (including phenoxy) is 1. The van der Waals surface area contributed by atoms with E-state index in [1.54, 1.807) is 12.1 Å². The van der Waals surface area contributed by atoms with Crippen molar-refractivity contribution in [1.29, 1.82) is 0 Å². The van der Waals surface area contributed by atoms with E-state index in [0.29, 0.717) is 11.3 Å². The zero-order valence-corrected chi connectivity index (χ0v) is 12.3. The highest BCUT2D eigenvalue weighted by molar-refractivity contribution is 8.15. The van der Waals surface area contributed by atoms with E-state index >= 15 is 0 Å². The highest BCUT2D eigenvalue weighted by atomic mass is 32.2. The molecule has 0 bridgehead atoms. The van der Waals surface area contributed by atoms with E-state index < -0.39 is 17.1 Å². The third kappa shape index (κ3) is 3.98. The van der Waals surface area contributed by atoms with Crippen LogP contribution in [0.4, 0.5) is 0 Å². The number of aliphatic carboxylic acids is 1. The van der Waals surface area contributed by atoms with Crippen LogP contribution in [0.25, 0.3) is 0 Å². The molecule has 9 heteroatoms. The molecule has 1 atom stereocenters. The van der Waals surface area contributed by atoms with Crippen LogP contribution in [-0.2, 0) is 9.59 Å². The maximum Gasteiger partial charge on any atom is 0.305 e. The lowest BCUT2D eigenvalue weighted by molar-refractivity contribution is -0.138. The molecule has 0 aromatic heterocycles. The van der Waals surface area contributed by atoms with Gasteiger partial charge in [-0.15, -0.1) is 5.10 Å². The number of carbonyl (C=O) groups is 2. The Morgan fingerprint density at radius 1 is 1.55 bits per heavy atom. The molecule has 3 N–H and O–H groups in total. The average Bonchev–Trinajstić information content (AvgIpc) is 2.80. The molecule has 2 rings (SSSR count). The number of rotatable bonds is 5. The fourth-order valence-electron chi connectivity index (χ4n) is 1.67. The molecule has 1 aliphatic heterocycles. The lowest BCUT2D eigenvalue weighted by Crippen LogP contribution is -2.26. The molecule has 1 aromatic rings. The van der Waals surface area contributed by atoms with Gasteiger partial charge in [0.1, 0.15) is 5.25 Å². The van der Waals surface area contributed by atoms with Crippen LogP contribution in [0.5, 0.6) is 11.5 Å². The zero-order chi connectivity index (χ0) is 16.1. The number of phenolic OH excluding ortho intramolecular Hbond substituents is 1. The van der Waals surface area contributed by atoms with Crippen LogP contribution in [-0.4, -0.2) is 45.8 Å². The summed E-state index contributed by atoms with van der Waals surface area (Å²) < 4.78 is 4.97. The Kier molecular flexibility index (Phi) is 4.99. The van der Waals surface area contributed by atoms with E-state index in [1.165, 1.54) is 19.4 Å². The molecule has 0 aliphatic carbocycles. The number of carbonyl (C=O) groups excluding carboxylic acids is 1. The average molecular weight is 323 g/mol. The summed E-state index contributed by atoms with van der Waals surface area (Å²) in [5.74, 6) is -1.12. The topological polar surface area (TPSA) is 121 Å². The standard InChI is InChI=1S/C13H13N3O5S/c1-21-9-4-7(2-3-8(9)17)6-14-16-13-15-12(20)10(22-13)5-11(18)19/h2-4,6,10,17H,5H2,1H3,(H,18,19)(H,15,16,20)/b14-6+. The summed E-state index contributed by atoms with van der Waals surface area (Å²) in [6.07, 6.45) is 1.15. The SMILES string of the molecule is COc1cc(/C=N/N=C2/NC(=O)C(CC(=O)O)S2)ccc1O. The molecule has 0 spiro atoms. The van der Waals surface area contributed by atoms with Crippen LogP contribution in [0, 0.1) is 0 Å². The van der Waals surface area contributed by atoms with Gasteiger partial charge in [-0.05, 0) is 23.8 Å². The van der Waals surface area contributed by atoms with Crippen molar-refractivity contribution < 1.29 is 24.5 Å². The first kappa shape index (κ1) is 15.8. The molecule has 1 unspecified atom stereocenters. The van der Waals surface area contributed by atoms with Crippen LogP contribution in [0.15, 0.2) is 28.4 Å². The van der Waals surface area contributed by atoms with Gasteiger partial charge in [-0.25, -0.2) is 0 Å². The minimum atomic E-state index is -1.05. The molecule has 116 valence electrons. The van der Waals surface area contributed by atoms with Crippen LogP contribution >= 0.6 is 11.8 Å². The van der Waals surface area contributed by atoms with E-state index in [1.807, 2.05) is 0 Å². The van der Waals surface area contributed by atoms with E-state index in [-0.39, 0.29) is 17.3 Å². The van der Waals surface area contributed by atoms with Crippen molar-refractivity contribution in [3.63, 3.8) is 0 Å². The maximum absolute atomic E-state index is 11.5. The molecular formula is C13H13N3O5S. The highest BCUT2D eigenvalue weighted by Crippen LogP contribution is 2.25. The first-order valence-electron chi connectivity index (χ1n) is 6.17. The summed E-state index contributed by atoms with van der Waals surface area (Å²) >= 11 is 1.02. The van der Waals surface area contributed by atoms with Gasteiger partial charge in [0.05, 0.1) is 19.7 Å². The van der Waals surface area contributed by atoms with Crippen LogP contribution in [0.1, 0.15) is 12.0 Å². The van der Waals surface area contributed by atoms with Crippen molar-refractivity contribution in [1.82, 2.24) is 5.32 Å². The van der Waals surface area contributed by atoms with Crippen molar-refractivity contribution in [2.45, 2.75) is 11.7 Å². The Labute approximate surface area is 129 Å². The van der Waals surface area contributed by atoms with Crippen molar-refractivity contribution >= 4 is 35.0 Å². The Hall–Kier alpha value is -2.55. The lowest BCUT2D eigenvalue weighted by Gasteiger charge is -2.02. The molecule has 1 saturated heterocycles. The van der Waals surface area contributed by atoms with Crippen molar-refractivity contribution in [2.75, 3.05) is 7.11 Å². The second-order valence-electron chi connectivity index (χ2n) is 4.27. The number of amides is 1. The van der Waals surface area contributed by atoms with E-state index in [0.717, 1.165) is 11.8 Å². The summed E-state index contributed by atoms with van der Waals surface area (Å²) in [6.45, 7) is 0. The second kappa shape index (κ2) is 6.94. The van der Waals surface area contributed by atoms with Crippen LogP contribution < -0.4 is 10.1 Å². The number of aromatic hydroxyl groups is 1. The summed E-state index contributed by atoms with van der Waals surface area (Å²) in [4.78, 5) is 22.1. The van der Waals surface area contributed by atoms with Gasteiger partial charge >= 0.3 is 5.97 Å². The molecule has 1 fully saturated rings. The lowest BCUT2D eigenvalue weighted by atomic mass is 10.2. The minimum Gasteiger partial charge on any atom is -0.504 e. The number of methoxy groups -OCH3 is 1. The quantitative estimate of drug-likeness (QED) is 0.544. The predicted octanol–water partition coefficient (Wildman–Crippen LogP) is 0.797. The molecule has 0 saturated carbocycles. The number of amidine groups is 1. The molecule has 0 radical (unpaired) electrons. The number of benzene rings is 1. The Morgan fingerprint density at radius 3 is 3.00 bits per heavy atom. The van der Waals surface area contributed by atoms with Gasteiger partial charge in [0.25, 0.3) is 0 Å². The van der Waals surface area contributed by atoms with E-state index in [2.05, 4.69) is 15.5 Å². The first-order chi connectivity index (χ1) is 10.5. The zero-order valence-electron chi connectivity index (χ0n) is 11.5. The van der Waals surface area contributed by atoms with Gasteiger partial charge in [-0.2, -0.15) is 5.10 Å². The molecule has 22 heavy (non-hydrogen) atoms. The molecular weight excluding hydrogens is 310 g/mol. The molecule has 1 aromatic carbocycles. The Bertz CT molecular complexity index is 659. The van der Waals surface area contributed by atoms with Gasteiger partial charge in [0.2, 0.25) is 5.91 Å². The molecule has 1 heterocycles. The summed E-state index contributed by atoms with van der Waals surface area (Å²) in [5, 5.41) is 27.8. The molecule has 1 amide bonds. The number of thioether (sulfide) groups is 1. The number of hydrogen-bond acceptors (Lipinski definition) is 7. The highest BCUT2D eigenvalue weighted by Gasteiger charge is 2.32. The fourth-order valence-corrected chi connectivity index (χ4v) is 2.58. The third-order valence-electron chi connectivity index (χ3n) is 2.70. The molecule has 8 nitrogen and oxygen atoms in total. The summed E-state index contributed by atoms with van der Waals surface area (Å²) in [6, 6.07) is 4.66. The number of nitrogens with zero attached hydrogens (tertiary/aromatic N) is 2. The number of phenols is 1. The number of carboxylic acids is 1. The van der Waals surface area contributed by atoms with Gasteiger partial charge in [-0.1, -0.05) is 11.8 Å². The van der Waals surface area contributed by atoms with Crippen LogP contribution in [0.2, 0.25) is 0 Å². The smallest absolute Gasteiger partial charge is 0.305 e. The van der Waals surface area contributed by atoms with Gasteiger partial charge in [0.15, 0.2) is 16.7 Å². The van der Waals surface area contributed by atoms with E-state index in [9.17, 15) is 14.7 Å². The summed E-state index contributed by atoms with van der Waals surface area (Å²) in [5.41, 5.74) is 0.649. The van der Waals surface area contributed by atoms with Crippen molar-refractivity contribution in [2.24, 2.45) is 10.2 Å². The van der Waals surface area contributed by atoms with E-state index in [4.69, 9.17) is 9.84 Å². The number of carboxylic acid groups (broad SMARTS) is 1. The van der Waals surface area contributed by atoms with Gasteiger partial charge < -0.3 is 20.3 Å². The Morgan fingerprint density at radius 2 is 2.32 bits per heavy atom. The largest absolute Gasteiger partial charge is 0.504 e. The maximum atomic E-state index is 11.5. The summed E-state index contributed by atoms with van der Waals surface area (Å²) in [7, 11) is 1.43. The number of nitrogens with one attached hydrogen (secondary N) is 1. The molecule has 1 aliphatic rings. The Balaban J connectivity index is 2.03. The van der Waals surface area contributed by atoms with Crippen molar-refractivity contribution in [3.8, 4) is 11.5 Å². The second-order valence-corrected chi connectivity index (χ2v) is 5.47. The first-order valence-corrected chi connectivity index (χ1v) is 7.05. The van der Waals surface area contributed by atoms with Crippen molar-refractivity contribution in [3.05, 3.63) is 23.8 Å². The minimum absolute atomic E-state index is 0.0149. The predicted molar refractivity (Wildman–Crippen MR) is 81.5 cm³/mol. The van der Waals surface area contributed by atoms with Gasteiger partial charge in [-0.3, -0.25) is 9.59 Å². The third-order valence-corrected chi connectivity index (χ3v) is 3.77. The van der Waals surface area contributed by atoms with Gasteiger partial charge in [0, 0.05) is 0 Å². The fraction of sp³-hybridized carbons (Fsp3) is 0.231. The van der Waals surface area contributed by atoms with Crippen LogP contribution in [0.3, 0.4) is 0 Å².